The second-order valence-corrected chi connectivity index (χ2v) is 8.93. The van der Waals surface area contributed by atoms with Crippen LogP contribution in [-0.4, -0.2) is 57.7 Å². The van der Waals surface area contributed by atoms with Crippen molar-refractivity contribution in [3.05, 3.63) is 63.7 Å². The summed E-state index contributed by atoms with van der Waals surface area (Å²) in [5.41, 5.74) is 6.13. The van der Waals surface area contributed by atoms with E-state index in [0.29, 0.717) is 11.4 Å². The van der Waals surface area contributed by atoms with Gasteiger partial charge in [0.2, 0.25) is 0 Å². The second kappa shape index (κ2) is 11.6. The van der Waals surface area contributed by atoms with Crippen LogP contribution in [0, 0.1) is 0 Å². The van der Waals surface area contributed by atoms with E-state index in [1.807, 2.05) is 30.3 Å². The minimum Gasteiger partial charge on any atom is -0.482 e. The molecule has 1 aliphatic heterocycles. The summed E-state index contributed by atoms with van der Waals surface area (Å²) in [7, 11) is 1.71. The van der Waals surface area contributed by atoms with Gasteiger partial charge in [-0.3, -0.25) is 9.36 Å². The first-order chi connectivity index (χ1) is 17.8. The average Bonchev–Trinajstić information content (AvgIpc) is 3.46. The molecule has 204 valence electrons. The quantitative estimate of drug-likeness (QED) is 0.443. The molecular weight excluding hydrogens is 541 g/mol. The van der Waals surface area contributed by atoms with Crippen molar-refractivity contribution in [2.45, 2.75) is 19.3 Å². The zero-order valence-electron chi connectivity index (χ0n) is 19.5. The van der Waals surface area contributed by atoms with Gasteiger partial charge in [0.15, 0.2) is 6.61 Å². The van der Waals surface area contributed by atoms with E-state index in [4.69, 9.17) is 20.4 Å². The van der Waals surface area contributed by atoms with Gasteiger partial charge in [0.1, 0.15) is 12.1 Å². The molecule has 0 spiro atoms. The summed E-state index contributed by atoms with van der Waals surface area (Å²) in [6.07, 6.45) is -5.65. The Morgan fingerprint density at radius 2 is 1.89 bits per heavy atom. The number of carboxylic acids is 1. The van der Waals surface area contributed by atoms with Crippen molar-refractivity contribution < 1.29 is 41.4 Å². The molecule has 10 nitrogen and oxygen atoms in total. The summed E-state index contributed by atoms with van der Waals surface area (Å²) >= 11 is 1.49. The molecule has 0 radical (unpaired) electrons. The summed E-state index contributed by atoms with van der Waals surface area (Å²) in [5.74, 6) is -2.23. The lowest BCUT2D eigenvalue weighted by Crippen LogP contribution is -2.35. The number of fused-ring (bicyclic) bond motifs is 1. The van der Waals surface area contributed by atoms with Crippen molar-refractivity contribution >= 4 is 28.9 Å². The van der Waals surface area contributed by atoms with Crippen LogP contribution < -0.4 is 21.1 Å². The number of benzene rings is 1. The molecule has 3 heterocycles. The van der Waals surface area contributed by atoms with Crippen LogP contribution in [0.5, 0.6) is 5.75 Å². The third-order valence-corrected chi connectivity index (χ3v) is 6.33. The highest BCUT2D eigenvalue weighted by Crippen LogP contribution is 2.37. The zero-order valence-corrected chi connectivity index (χ0v) is 20.4. The van der Waals surface area contributed by atoms with Crippen molar-refractivity contribution in [3.63, 3.8) is 0 Å². The molecule has 2 aromatic heterocycles. The van der Waals surface area contributed by atoms with Gasteiger partial charge in [-0.25, -0.2) is 14.3 Å². The Hall–Kier alpha value is -4.05. The van der Waals surface area contributed by atoms with Gasteiger partial charge in [0.25, 0.3) is 12.0 Å². The molecule has 38 heavy (non-hydrogen) atoms. The molecular formula is C22H20F5N5O5S. The van der Waals surface area contributed by atoms with Gasteiger partial charge < -0.3 is 20.5 Å². The number of carbonyl (C=O) groups excluding carboxylic acids is 1. The molecule has 1 aliphatic rings. The van der Waals surface area contributed by atoms with Crippen molar-refractivity contribution in [1.29, 1.82) is 0 Å². The first kappa shape index (κ1) is 28.5. The third-order valence-electron chi connectivity index (χ3n) is 5.21. The number of anilines is 1. The number of carbonyl (C=O) groups is 2. The van der Waals surface area contributed by atoms with Gasteiger partial charge in [-0.2, -0.15) is 27.1 Å². The maximum absolute atomic E-state index is 12.8. The number of thiophene rings is 1. The number of nitrogens with zero attached hydrogens (tertiary/aromatic N) is 4. The van der Waals surface area contributed by atoms with E-state index in [1.165, 1.54) is 22.2 Å². The van der Waals surface area contributed by atoms with E-state index in [1.54, 1.807) is 11.9 Å². The van der Waals surface area contributed by atoms with Crippen LogP contribution in [0.3, 0.4) is 0 Å². The van der Waals surface area contributed by atoms with E-state index >= 15 is 0 Å². The molecule has 1 amide bonds. The zero-order chi connectivity index (χ0) is 28.2. The largest absolute Gasteiger partial charge is 0.490 e. The fourth-order valence-electron chi connectivity index (χ4n) is 3.19. The minimum absolute atomic E-state index is 0.00289. The predicted octanol–water partition coefficient (Wildman–Crippen LogP) is 2.92. The smallest absolute Gasteiger partial charge is 0.482 e. The van der Waals surface area contributed by atoms with Gasteiger partial charge in [0, 0.05) is 28.9 Å². The molecule has 4 rings (SSSR count). The third kappa shape index (κ3) is 6.63. The van der Waals surface area contributed by atoms with Crippen LogP contribution in [-0.2, 0) is 22.7 Å². The molecule has 3 N–H and O–H groups in total. The Kier molecular flexibility index (Phi) is 8.67. The Balaban J connectivity index is 0.000000505. The highest BCUT2D eigenvalue weighted by Gasteiger charge is 2.38. The number of nitrogens with two attached hydrogens (primary N) is 1. The number of halogens is 5. The number of amides is 1. The van der Waals surface area contributed by atoms with Gasteiger partial charge >= 0.3 is 17.8 Å². The van der Waals surface area contributed by atoms with Crippen LogP contribution in [0.4, 0.5) is 27.6 Å². The number of alkyl halides is 3. The highest BCUT2D eigenvalue weighted by molar-refractivity contribution is 7.15. The summed E-state index contributed by atoms with van der Waals surface area (Å²) in [6, 6.07) is 9.45. The number of aliphatic carboxylic acids is 1. The summed E-state index contributed by atoms with van der Waals surface area (Å²) in [4.78, 5) is 36.5. The van der Waals surface area contributed by atoms with Gasteiger partial charge in [-0.05, 0) is 29.8 Å². The van der Waals surface area contributed by atoms with E-state index in [2.05, 4.69) is 5.10 Å². The van der Waals surface area contributed by atoms with Crippen LogP contribution in [0.15, 0.2) is 53.1 Å². The fraction of sp³-hybridized carbons (Fsp3) is 0.273. The number of hydrogen-bond acceptors (Lipinski definition) is 7. The number of carboxylic acid groups (broad SMARTS) is 1. The van der Waals surface area contributed by atoms with Crippen LogP contribution in [0.2, 0.25) is 0 Å². The van der Waals surface area contributed by atoms with Crippen LogP contribution >= 0.6 is 11.3 Å². The predicted molar refractivity (Wildman–Crippen MR) is 126 cm³/mol. The second-order valence-electron chi connectivity index (χ2n) is 7.76. The van der Waals surface area contributed by atoms with Gasteiger partial charge in [-0.15, -0.1) is 11.3 Å². The first-order valence-corrected chi connectivity index (χ1v) is 11.4. The number of aromatic nitrogens is 3. The van der Waals surface area contributed by atoms with Crippen molar-refractivity contribution in [1.82, 2.24) is 14.3 Å². The van der Waals surface area contributed by atoms with Crippen molar-refractivity contribution in [2.75, 3.05) is 25.1 Å². The number of rotatable bonds is 6. The van der Waals surface area contributed by atoms with Crippen LogP contribution in [0.1, 0.15) is 4.88 Å². The van der Waals surface area contributed by atoms with Crippen LogP contribution in [0.25, 0.3) is 10.4 Å². The minimum atomic E-state index is -5.08. The average molecular weight is 561 g/mol. The molecule has 3 aromatic rings. The maximum atomic E-state index is 12.8. The Labute approximate surface area is 215 Å². The van der Waals surface area contributed by atoms with Crippen molar-refractivity contribution in [2.24, 2.45) is 5.73 Å². The SMILES string of the molecule is CN1C(=O)COc2cc(-c3ccc(Cn4cnn(CC(CN)=C(F)F)c4=O)s3)ccc21.O=C(O)C(F)(F)F. The molecule has 0 bridgehead atoms. The number of ether oxygens (including phenoxy) is 1. The molecule has 0 unspecified atom stereocenters. The number of hydrogen-bond donors (Lipinski definition) is 2. The van der Waals surface area contributed by atoms with Crippen molar-refractivity contribution in [3.8, 4) is 16.2 Å². The Morgan fingerprint density at radius 3 is 2.50 bits per heavy atom. The molecule has 16 heteroatoms. The number of likely N-dealkylation sites (N-methyl/N-ethyl adjacent to an activating group) is 1. The van der Waals surface area contributed by atoms with E-state index in [-0.39, 0.29) is 37.7 Å². The lowest BCUT2D eigenvalue weighted by molar-refractivity contribution is -0.192. The maximum Gasteiger partial charge on any atom is 0.490 e. The molecule has 0 fully saturated rings. The van der Waals surface area contributed by atoms with E-state index in [0.717, 1.165) is 20.0 Å². The summed E-state index contributed by atoms with van der Waals surface area (Å²) < 4.78 is 65.2. The highest BCUT2D eigenvalue weighted by atomic mass is 32.1. The van der Waals surface area contributed by atoms with E-state index in [9.17, 15) is 31.5 Å². The normalized spacial score (nSPS) is 12.8. The molecule has 0 atom stereocenters. The summed E-state index contributed by atoms with van der Waals surface area (Å²) in [5, 5.41) is 11.0. The first-order valence-electron chi connectivity index (χ1n) is 10.6. The molecule has 1 aromatic carbocycles. The fourth-order valence-corrected chi connectivity index (χ4v) is 4.19. The van der Waals surface area contributed by atoms with Gasteiger partial charge in [0.05, 0.1) is 18.8 Å². The molecule has 0 saturated carbocycles. The standard InChI is InChI=1S/C20H19F2N5O3S.C2HF3O2/c1-25-15-4-2-12(6-16(15)30-10-18(25)28)17-5-3-14(31-17)9-26-11-24-27(20(26)29)8-13(7-23)19(21)22;3-2(4,5)1(6)7/h2-6,11H,7-10,23H2,1H3;(H,6,7). The monoisotopic (exact) mass is 561 g/mol. The lowest BCUT2D eigenvalue weighted by atomic mass is 10.1. The van der Waals surface area contributed by atoms with E-state index < -0.39 is 23.9 Å². The topological polar surface area (TPSA) is 133 Å². The molecule has 0 aliphatic carbocycles. The molecule has 0 saturated heterocycles. The summed E-state index contributed by atoms with van der Waals surface area (Å²) in [6.45, 7) is -0.415. The lowest BCUT2D eigenvalue weighted by Gasteiger charge is -2.26. The van der Waals surface area contributed by atoms with Gasteiger partial charge in [-0.1, -0.05) is 6.07 Å². The Bertz CT molecular complexity index is 1420. The Morgan fingerprint density at radius 1 is 1.21 bits per heavy atom.